The van der Waals surface area contributed by atoms with E-state index in [4.69, 9.17) is 16.0 Å². The Kier molecular flexibility index (Phi) is 3.68. The summed E-state index contributed by atoms with van der Waals surface area (Å²) in [5.41, 5.74) is 10.0. The van der Waals surface area contributed by atoms with Crippen molar-refractivity contribution in [2.24, 2.45) is 5.73 Å². The number of nitriles is 1. The summed E-state index contributed by atoms with van der Waals surface area (Å²) in [4.78, 5) is 7.11. The van der Waals surface area contributed by atoms with E-state index in [0.29, 0.717) is 5.56 Å². The summed E-state index contributed by atoms with van der Waals surface area (Å²) >= 11 is 0. The number of para-hydroxylation sites is 2. The fraction of sp³-hybridized carbons (Fsp3) is 0.263. The van der Waals surface area contributed by atoms with E-state index >= 15 is 0 Å². The number of nitrogens with two attached hydrogens (primary N) is 1. The fourth-order valence-corrected chi connectivity index (χ4v) is 3.30. The van der Waals surface area contributed by atoms with Crippen LogP contribution in [0.3, 0.4) is 0 Å². The van der Waals surface area contributed by atoms with E-state index < -0.39 is 0 Å². The standard InChI is InChI=1S/C19H19N5/c20-11-14-5-7-15(8-6-14)12-24-18-4-2-1-3-17(18)22-19(24)23-10-9-16(21)13-23/h1-8,16H,9-10,12-13,21H2. The molecule has 0 saturated carbocycles. The number of imidazole rings is 1. The topological polar surface area (TPSA) is 70.9 Å². The first-order valence-corrected chi connectivity index (χ1v) is 8.19. The second-order valence-corrected chi connectivity index (χ2v) is 6.29. The molecule has 0 radical (unpaired) electrons. The van der Waals surface area contributed by atoms with Gasteiger partial charge >= 0.3 is 0 Å². The van der Waals surface area contributed by atoms with Gasteiger partial charge in [-0.25, -0.2) is 4.98 Å². The molecule has 1 fully saturated rings. The summed E-state index contributed by atoms with van der Waals surface area (Å²) in [6, 6.07) is 18.3. The molecule has 24 heavy (non-hydrogen) atoms. The molecular formula is C19H19N5. The molecule has 1 atom stereocenters. The first kappa shape index (κ1) is 14.7. The lowest BCUT2D eigenvalue weighted by atomic mass is 10.1. The first-order valence-electron chi connectivity index (χ1n) is 8.19. The molecule has 2 heterocycles. The van der Waals surface area contributed by atoms with E-state index in [2.05, 4.69) is 21.6 Å². The molecule has 0 spiro atoms. The molecule has 2 aromatic carbocycles. The van der Waals surface area contributed by atoms with Crippen molar-refractivity contribution in [1.29, 1.82) is 5.26 Å². The lowest BCUT2D eigenvalue weighted by Crippen LogP contribution is -2.28. The van der Waals surface area contributed by atoms with Crippen molar-refractivity contribution in [1.82, 2.24) is 9.55 Å². The number of hydrogen-bond donors (Lipinski definition) is 1. The SMILES string of the molecule is N#Cc1ccc(Cn2c(N3CCC(N)C3)nc3ccccc32)cc1. The molecule has 1 aromatic heterocycles. The Hall–Kier alpha value is -2.84. The number of benzene rings is 2. The number of nitrogens with zero attached hydrogens (tertiary/aromatic N) is 4. The first-order chi connectivity index (χ1) is 11.7. The van der Waals surface area contributed by atoms with Crippen molar-refractivity contribution < 1.29 is 0 Å². The molecule has 0 aliphatic carbocycles. The van der Waals surface area contributed by atoms with Crippen molar-refractivity contribution in [3.05, 3.63) is 59.7 Å². The van der Waals surface area contributed by atoms with Crippen LogP contribution in [0, 0.1) is 11.3 Å². The minimum Gasteiger partial charge on any atom is -0.341 e. The molecule has 1 saturated heterocycles. The smallest absolute Gasteiger partial charge is 0.206 e. The highest BCUT2D eigenvalue weighted by molar-refractivity contribution is 5.79. The van der Waals surface area contributed by atoms with Gasteiger partial charge in [0, 0.05) is 19.1 Å². The minimum atomic E-state index is 0.216. The lowest BCUT2D eigenvalue weighted by molar-refractivity contribution is 0.740. The van der Waals surface area contributed by atoms with E-state index in [1.54, 1.807) is 0 Å². The zero-order valence-electron chi connectivity index (χ0n) is 13.4. The summed E-state index contributed by atoms with van der Waals surface area (Å²) in [6.45, 7) is 2.52. The molecule has 0 amide bonds. The van der Waals surface area contributed by atoms with Gasteiger partial charge in [-0.3, -0.25) is 0 Å². The van der Waals surface area contributed by atoms with Crippen LogP contribution < -0.4 is 10.6 Å². The van der Waals surface area contributed by atoms with Crippen molar-refractivity contribution in [3.8, 4) is 6.07 Å². The highest BCUT2D eigenvalue weighted by Gasteiger charge is 2.24. The molecule has 3 aromatic rings. The van der Waals surface area contributed by atoms with E-state index in [0.717, 1.165) is 48.6 Å². The average Bonchev–Trinajstić information content (AvgIpc) is 3.20. The zero-order chi connectivity index (χ0) is 16.5. The monoisotopic (exact) mass is 317 g/mol. The zero-order valence-corrected chi connectivity index (χ0v) is 13.4. The van der Waals surface area contributed by atoms with Crippen LogP contribution in [-0.2, 0) is 6.54 Å². The number of hydrogen-bond acceptors (Lipinski definition) is 4. The van der Waals surface area contributed by atoms with Crippen LogP contribution in [0.25, 0.3) is 11.0 Å². The van der Waals surface area contributed by atoms with Crippen molar-refractivity contribution in [2.75, 3.05) is 18.0 Å². The highest BCUT2D eigenvalue weighted by atomic mass is 15.3. The summed E-state index contributed by atoms with van der Waals surface area (Å²) < 4.78 is 2.24. The number of fused-ring (bicyclic) bond motifs is 1. The molecule has 5 nitrogen and oxygen atoms in total. The van der Waals surface area contributed by atoms with Crippen molar-refractivity contribution >= 4 is 17.0 Å². The van der Waals surface area contributed by atoms with E-state index in [1.807, 2.05) is 42.5 Å². The Bertz CT molecular complexity index is 904. The van der Waals surface area contributed by atoms with Gasteiger partial charge in [-0.1, -0.05) is 24.3 Å². The fourth-order valence-electron chi connectivity index (χ4n) is 3.30. The van der Waals surface area contributed by atoms with Gasteiger partial charge < -0.3 is 15.2 Å². The predicted octanol–water partition coefficient (Wildman–Crippen LogP) is 2.49. The molecular weight excluding hydrogens is 298 g/mol. The van der Waals surface area contributed by atoms with Crippen molar-refractivity contribution in [2.45, 2.75) is 19.0 Å². The maximum absolute atomic E-state index is 8.96. The Morgan fingerprint density at radius 1 is 1.17 bits per heavy atom. The van der Waals surface area contributed by atoms with Gasteiger partial charge in [0.15, 0.2) is 0 Å². The highest BCUT2D eigenvalue weighted by Crippen LogP contribution is 2.26. The van der Waals surface area contributed by atoms with Gasteiger partial charge in [0.05, 0.1) is 29.2 Å². The van der Waals surface area contributed by atoms with Crippen LogP contribution in [0.4, 0.5) is 5.95 Å². The molecule has 1 aliphatic heterocycles. The Balaban J connectivity index is 1.75. The third-order valence-electron chi connectivity index (χ3n) is 4.57. The number of rotatable bonds is 3. The van der Waals surface area contributed by atoms with Crippen LogP contribution in [0.2, 0.25) is 0 Å². The summed E-state index contributed by atoms with van der Waals surface area (Å²) in [7, 11) is 0. The van der Waals surface area contributed by atoms with Crippen LogP contribution in [-0.4, -0.2) is 28.7 Å². The number of anilines is 1. The third kappa shape index (κ3) is 2.61. The lowest BCUT2D eigenvalue weighted by Gasteiger charge is -2.19. The van der Waals surface area contributed by atoms with Crippen LogP contribution >= 0.6 is 0 Å². The average molecular weight is 317 g/mol. The van der Waals surface area contributed by atoms with Gasteiger partial charge in [0.25, 0.3) is 0 Å². The predicted molar refractivity (Wildman–Crippen MR) is 94.8 cm³/mol. The maximum atomic E-state index is 8.96. The van der Waals surface area contributed by atoms with Gasteiger partial charge in [0.1, 0.15) is 0 Å². The van der Waals surface area contributed by atoms with E-state index in [-0.39, 0.29) is 6.04 Å². The van der Waals surface area contributed by atoms with Crippen LogP contribution in [0.1, 0.15) is 17.5 Å². The Morgan fingerprint density at radius 2 is 1.96 bits per heavy atom. The van der Waals surface area contributed by atoms with Gasteiger partial charge in [0.2, 0.25) is 5.95 Å². The number of aromatic nitrogens is 2. The van der Waals surface area contributed by atoms with Crippen LogP contribution in [0.15, 0.2) is 48.5 Å². The molecule has 1 unspecified atom stereocenters. The largest absolute Gasteiger partial charge is 0.341 e. The Morgan fingerprint density at radius 3 is 2.67 bits per heavy atom. The molecule has 120 valence electrons. The molecule has 0 bridgehead atoms. The molecule has 2 N–H and O–H groups in total. The minimum absolute atomic E-state index is 0.216. The van der Waals surface area contributed by atoms with Crippen molar-refractivity contribution in [3.63, 3.8) is 0 Å². The quantitative estimate of drug-likeness (QED) is 0.805. The normalized spacial score (nSPS) is 17.3. The van der Waals surface area contributed by atoms with Gasteiger partial charge in [-0.05, 0) is 36.2 Å². The van der Waals surface area contributed by atoms with E-state index in [9.17, 15) is 0 Å². The molecule has 1 aliphatic rings. The molecule has 5 heteroatoms. The van der Waals surface area contributed by atoms with E-state index in [1.165, 1.54) is 0 Å². The second kappa shape index (κ2) is 5.99. The molecule has 4 rings (SSSR count). The Labute approximate surface area is 140 Å². The third-order valence-corrected chi connectivity index (χ3v) is 4.57. The van der Waals surface area contributed by atoms with Gasteiger partial charge in [-0.2, -0.15) is 5.26 Å². The summed E-state index contributed by atoms with van der Waals surface area (Å²) in [6.07, 6.45) is 1.00. The maximum Gasteiger partial charge on any atom is 0.206 e. The van der Waals surface area contributed by atoms with Gasteiger partial charge in [-0.15, -0.1) is 0 Å². The van der Waals surface area contributed by atoms with Crippen LogP contribution in [0.5, 0.6) is 0 Å². The second-order valence-electron chi connectivity index (χ2n) is 6.29. The summed E-state index contributed by atoms with van der Waals surface area (Å²) in [5.74, 6) is 0.980. The summed E-state index contributed by atoms with van der Waals surface area (Å²) in [5, 5.41) is 8.96.